The lowest BCUT2D eigenvalue weighted by atomic mass is 9.69. The Bertz CT molecular complexity index is 235. The van der Waals surface area contributed by atoms with E-state index in [2.05, 4.69) is 35.9 Å². The third kappa shape index (κ3) is 4.14. The second-order valence-electron chi connectivity index (χ2n) is 6.47. The Hall–Kier alpha value is 0.270. The van der Waals surface area contributed by atoms with E-state index in [9.17, 15) is 0 Å². The average Bonchev–Trinajstić information content (AvgIpc) is 2.57. The van der Waals surface area contributed by atoms with Gasteiger partial charge in [0, 0.05) is 25.4 Å². The van der Waals surface area contributed by atoms with E-state index in [0.717, 1.165) is 5.92 Å². The largest absolute Gasteiger partial charge is 0.319 e. The summed E-state index contributed by atoms with van der Waals surface area (Å²) in [5.74, 6) is 3.63. The van der Waals surface area contributed by atoms with Gasteiger partial charge < -0.3 is 10.2 Å². The van der Waals surface area contributed by atoms with Crippen LogP contribution in [0.4, 0.5) is 0 Å². The van der Waals surface area contributed by atoms with Crippen LogP contribution in [-0.4, -0.2) is 49.6 Å². The van der Waals surface area contributed by atoms with Crippen LogP contribution in [0.5, 0.6) is 0 Å². The van der Waals surface area contributed by atoms with Crippen LogP contribution in [0.3, 0.4) is 0 Å². The third-order valence-corrected chi connectivity index (χ3v) is 5.66. The van der Waals surface area contributed by atoms with Crippen LogP contribution in [-0.2, 0) is 0 Å². The van der Waals surface area contributed by atoms with Gasteiger partial charge in [0.25, 0.3) is 0 Å². The summed E-state index contributed by atoms with van der Waals surface area (Å²) >= 11 is 2.14. The minimum atomic E-state index is 0.557. The normalized spacial score (nSPS) is 35.3. The molecule has 0 spiro atoms. The lowest BCUT2D eigenvalue weighted by molar-refractivity contribution is 0.0855. The number of nitrogens with one attached hydrogen (secondary N) is 1. The molecular formula is C15H30N2S. The van der Waals surface area contributed by atoms with E-state index in [1.807, 2.05) is 0 Å². The Morgan fingerprint density at radius 2 is 2.17 bits per heavy atom. The van der Waals surface area contributed by atoms with Gasteiger partial charge in [-0.3, -0.25) is 0 Å². The standard InChI is InChI=1S/C15H30N2S/c1-14-5-3-6-15(11-14,12-16-2)13-17-7-4-9-18-10-8-17/h14,16H,3-13H2,1-2H3. The molecule has 0 bridgehead atoms. The zero-order valence-corrected chi connectivity index (χ0v) is 13.0. The third-order valence-electron chi connectivity index (χ3n) is 4.61. The molecule has 1 aliphatic heterocycles. The zero-order chi connectivity index (χ0) is 12.8. The van der Waals surface area contributed by atoms with Gasteiger partial charge in [-0.15, -0.1) is 0 Å². The quantitative estimate of drug-likeness (QED) is 0.846. The lowest BCUT2D eigenvalue weighted by Gasteiger charge is -2.43. The molecule has 1 heterocycles. The first-order chi connectivity index (χ1) is 8.74. The van der Waals surface area contributed by atoms with Crippen molar-refractivity contribution in [3.05, 3.63) is 0 Å². The van der Waals surface area contributed by atoms with Crippen molar-refractivity contribution in [3.8, 4) is 0 Å². The van der Waals surface area contributed by atoms with Gasteiger partial charge in [0.2, 0.25) is 0 Å². The Balaban J connectivity index is 1.95. The molecule has 18 heavy (non-hydrogen) atoms. The molecular weight excluding hydrogens is 240 g/mol. The molecule has 2 atom stereocenters. The number of rotatable bonds is 4. The Labute approximate surface area is 117 Å². The summed E-state index contributed by atoms with van der Waals surface area (Å²) in [6, 6.07) is 0. The summed E-state index contributed by atoms with van der Waals surface area (Å²) in [4.78, 5) is 2.75. The molecule has 0 radical (unpaired) electrons. The fourth-order valence-electron chi connectivity index (χ4n) is 3.93. The topological polar surface area (TPSA) is 15.3 Å². The van der Waals surface area contributed by atoms with Crippen LogP contribution in [0.2, 0.25) is 0 Å². The zero-order valence-electron chi connectivity index (χ0n) is 12.2. The van der Waals surface area contributed by atoms with Crippen LogP contribution in [0.1, 0.15) is 39.0 Å². The van der Waals surface area contributed by atoms with Gasteiger partial charge in [0.05, 0.1) is 0 Å². The van der Waals surface area contributed by atoms with Gasteiger partial charge in [-0.25, -0.2) is 0 Å². The summed E-state index contributed by atoms with van der Waals surface area (Å²) in [5.41, 5.74) is 0.557. The Morgan fingerprint density at radius 1 is 1.28 bits per heavy atom. The molecule has 3 heteroatoms. The van der Waals surface area contributed by atoms with E-state index < -0.39 is 0 Å². The molecule has 1 aliphatic carbocycles. The first-order valence-electron chi connectivity index (χ1n) is 7.69. The van der Waals surface area contributed by atoms with Crippen molar-refractivity contribution in [2.24, 2.45) is 11.3 Å². The molecule has 0 aromatic rings. The van der Waals surface area contributed by atoms with Crippen molar-refractivity contribution in [3.63, 3.8) is 0 Å². The molecule has 1 saturated heterocycles. The van der Waals surface area contributed by atoms with E-state index in [4.69, 9.17) is 0 Å². The maximum Gasteiger partial charge on any atom is 0.00726 e. The predicted molar refractivity (Wildman–Crippen MR) is 82.4 cm³/mol. The Kier molecular flexibility index (Phi) is 5.84. The monoisotopic (exact) mass is 270 g/mol. The number of hydrogen-bond donors (Lipinski definition) is 1. The molecule has 0 aromatic heterocycles. The van der Waals surface area contributed by atoms with Gasteiger partial charge in [-0.05, 0) is 49.9 Å². The SMILES string of the molecule is CNCC1(CN2CCCSCC2)CCCC(C)C1. The molecule has 1 saturated carbocycles. The van der Waals surface area contributed by atoms with E-state index in [1.165, 1.54) is 69.8 Å². The van der Waals surface area contributed by atoms with Crippen molar-refractivity contribution in [1.82, 2.24) is 10.2 Å². The van der Waals surface area contributed by atoms with Crippen molar-refractivity contribution in [2.45, 2.75) is 39.0 Å². The van der Waals surface area contributed by atoms with Crippen LogP contribution >= 0.6 is 11.8 Å². The number of nitrogens with zero attached hydrogens (tertiary/aromatic N) is 1. The summed E-state index contributed by atoms with van der Waals surface area (Å²) in [6.07, 6.45) is 7.13. The summed E-state index contributed by atoms with van der Waals surface area (Å²) in [6.45, 7) is 7.62. The van der Waals surface area contributed by atoms with E-state index in [-0.39, 0.29) is 0 Å². The van der Waals surface area contributed by atoms with Gasteiger partial charge in [-0.1, -0.05) is 19.8 Å². The predicted octanol–water partition coefficient (Wildman–Crippen LogP) is 2.84. The van der Waals surface area contributed by atoms with Crippen LogP contribution in [0.15, 0.2) is 0 Å². The molecule has 2 rings (SSSR count). The first-order valence-corrected chi connectivity index (χ1v) is 8.84. The molecule has 2 unspecified atom stereocenters. The Morgan fingerprint density at radius 3 is 2.94 bits per heavy atom. The van der Waals surface area contributed by atoms with Crippen molar-refractivity contribution in [2.75, 3.05) is 44.7 Å². The maximum absolute atomic E-state index is 3.47. The van der Waals surface area contributed by atoms with Crippen molar-refractivity contribution in [1.29, 1.82) is 0 Å². The second-order valence-corrected chi connectivity index (χ2v) is 7.70. The van der Waals surface area contributed by atoms with Crippen molar-refractivity contribution >= 4 is 11.8 Å². The summed E-state index contributed by atoms with van der Waals surface area (Å²) in [5, 5.41) is 3.47. The molecule has 2 aliphatic rings. The molecule has 1 N–H and O–H groups in total. The molecule has 0 aromatic carbocycles. The van der Waals surface area contributed by atoms with Gasteiger partial charge in [-0.2, -0.15) is 11.8 Å². The second kappa shape index (κ2) is 7.16. The van der Waals surface area contributed by atoms with E-state index >= 15 is 0 Å². The fourth-order valence-corrected chi connectivity index (χ4v) is 4.86. The van der Waals surface area contributed by atoms with Gasteiger partial charge in [0.15, 0.2) is 0 Å². The number of thioether (sulfide) groups is 1. The minimum Gasteiger partial charge on any atom is -0.319 e. The summed E-state index contributed by atoms with van der Waals surface area (Å²) < 4.78 is 0. The number of hydrogen-bond acceptors (Lipinski definition) is 3. The van der Waals surface area contributed by atoms with Gasteiger partial charge in [0.1, 0.15) is 0 Å². The van der Waals surface area contributed by atoms with Crippen LogP contribution in [0, 0.1) is 11.3 Å². The highest BCUT2D eigenvalue weighted by molar-refractivity contribution is 7.99. The highest BCUT2D eigenvalue weighted by Crippen LogP contribution is 2.39. The van der Waals surface area contributed by atoms with E-state index in [0.29, 0.717) is 5.41 Å². The molecule has 106 valence electrons. The highest BCUT2D eigenvalue weighted by Gasteiger charge is 2.35. The van der Waals surface area contributed by atoms with Crippen LogP contribution in [0.25, 0.3) is 0 Å². The highest BCUT2D eigenvalue weighted by atomic mass is 32.2. The lowest BCUT2D eigenvalue weighted by Crippen LogP contribution is -2.46. The first kappa shape index (κ1) is 14.7. The minimum absolute atomic E-state index is 0.557. The molecule has 2 fully saturated rings. The molecule has 0 amide bonds. The summed E-state index contributed by atoms with van der Waals surface area (Å²) in [7, 11) is 2.12. The smallest absolute Gasteiger partial charge is 0.00726 e. The fraction of sp³-hybridized carbons (Fsp3) is 1.00. The van der Waals surface area contributed by atoms with Crippen molar-refractivity contribution < 1.29 is 0 Å². The van der Waals surface area contributed by atoms with E-state index in [1.54, 1.807) is 0 Å². The molecule has 2 nitrogen and oxygen atoms in total. The van der Waals surface area contributed by atoms with Crippen LogP contribution < -0.4 is 5.32 Å². The van der Waals surface area contributed by atoms with Gasteiger partial charge >= 0.3 is 0 Å². The maximum atomic E-state index is 3.47. The average molecular weight is 270 g/mol.